The zero-order chi connectivity index (χ0) is 24.9. The van der Waals surface area contributed by atoms with Crippen LogP contribution in [0.15, 0.2) is 66.7 Å². The van der Waals surface area contributed by atoms with Gasteiger partial charge in [0.2, 0.25) is 5.91 Å². The number of hydrogen-bond donors (Lipinski definition) is 1. The van der Waals surface area contributed by atoms with Gasteiger partial charge in [0.1, 0.15) is 17.3 Å². The molecule has 3 aromatic rings. The quantitative estimate of drug-likeness (QED) is 0.519. The second-order valence-corrected chi connectivity index (χ2v) is 8.11. The molecule has 2 atom stereocenters. The molecular weight excluding hydrogens is 451 g/mol. The van der Waals surface area contributed by atoms with Crippen molar-refractivity contribution in [2.75, 3.05) is 39.8 Å². The summed E-state index contributed by atoms with van der Waals surface area (Å²) in [6.45, 7) is 0.549. The lowest BCUT2D eigenvalue weighted by atomic mass is 9.79. The Kier molecular flexibility index (Phi) is 7.31. The summed E-state index contributed by atoms with van der Waals surface area (Å²) in [6, 6.07) is 17.4. The largest absolute Gasteiger partial charge is 0.497 e. The van der Waals surface area contributed by atoms with Gasteiger partial charge in [0.25, 0.3) is 5.91 Å². The molecule has 2 amide bonds. The minimum absolute atomic E-state index is 0.210. The van der Waals surface area contributed by atoms with E-state index < -0.39 is 17.8 Å². The molecule has 3 aromatic carbocycles. The summed E-state index contributed by atoms with van der Waals surface area (Å²) < 4.78 is 29.7. The lowest BCUT2D eigenvalue weighted by Gasteiger charge is -2.41. The molecule has 182 valence electrons. The zero-order valence-electron chi connectivity index (χ0n) is 19.8. The van der Waals surface area contributed by atoms with E-state index in [1.807, 2.05) is 0 Å². The van der Waals surface area contributed by atoms with Crippen LogP contribution in [0.1, 0.15) is 33.4 Å². The zero-order valence-corrected chi connectivity index (χ0v) is 19.8. The predicted molar refractivity (Wildman–Crippen MR) is 129 cm³/mol. The average Bonchev–Trinajstić information content (AvgIpc) is 2.88. The van der Waals surface area contributed by atoms with Crippen molar-refractivity contribution >= 4 is 17.5 Å². The number of amides is 2. The first-order valence-electron chi connectivity index (χ1n) is 11.2. The Labute approximate surface area is 203 Å². The van der Waals surface area contributed by atoms with Crippen molar-refractivity contribution < 1.29 is 28.2 Å². The van der Waals surface area contributed by atoms with E-state index in [1.54, 1.807) is 73.7 Å². The Morgan fingerprint density at radius 1 is 1.00 bits per heavy atom. The van der Waals surface area contributed by atoms with E-state index in [0.717, 1.165) is 0 Å². The van der Waals surface area contributed by atoms with E-state index in [9.17, 15) is 14.0 Å². The fourth-order valence-corrected chi connectivity index (χ4v) is 4.45. The molecule has 8 heteroatoms. The van der Waals surface area contributed by atoms with Crippen LogP contribution in [0.3, 0.4) is 0 Å². The minimum atomic E-state index is -0.766. The number of carbonyl (C=O) groups excluding carboxylic acids is 2. The molecule has 1 heterocycles. The van der Waals surface area contributed by atoms with Crippen LogP contribution in [-0.4, -0.2) is 51.2 Å². The van der Waals surface area contributed by atoms with Crippen LogP contribution in [-0.2, 0) is 9.53 Å². The second kappa shape index (κ2) is 10.6. The van der Waals surface area contributed by atoms with E-state index >= 15 is 0 Å². The van der Waals surface area contributed by atoms with E-state index in [4.69, 9.17) is 14.2 Å². The van der Waals surface area contributed by atoms with Crippen LogP contribution in [0.25, 0.3) is 0 Å². The molecule has 0 fully saturated rings. The number of fused-ring (bicyclic) bond motifs is 1. The number of methoxy groups -OCH3 is 3. The number of benzene rings is 3. The lowest BCUT2D eigenvalue weighted by Crippen LogP contribution is -2.47. The van der Waals surface area contributed by atoms with Gasteiger partial charge in [-0.15, -0.1) is 0 Å². The van der Waals surface area contributed by atoms with Gasteiger partial charge in [-0.25, -0.2) is 4.39 Å². The van der Waals surface area contributed by atoms with E-state index in [-0.39, 0.29) is 25.0 Å². The molecule has 1 aliphatic rings. The first-order chi connectivity index (χ1) is 17.0. The van der Waals surface area contributed by atoms with Crippen LogP contribution in [0, 0.1) is 5.82 Å². The van der Waals surface area contributed by atoms with Crippen molar-refractivity contribution in [1.82, 2.24) is 4.90 Å². The molecule has 1 N–H and O–H groups in total. The molecule has 0 aromatic heterocycles. The summed E-state index contributed by atoms with van der Waals surface area (Å²) in [5.41, 5.74) is 2.16. The van der Waals surface area contributed by atoms with Crippen LogP contribution in [0.2, 0.25) is 0 Å². The Balaban J connectivity index is 1.82. The highest BCUT2D eigenvalue weighted by Crippen LogP contribution is 2.43. The van der Waals surface area contributed by atoms with Gasteiger partial charge in [0.05, 0.1) is 38.5 Å². The van der Waals surface area contributed by atoms with Crippen molar-refractivity contribution in [3.63, 3.8) is 0 Å². The number of carbonyl (C=O) groups is 2. The fourth-order valence-electron chi connectivity index (χ4n) is 4.45. The Morgan fingerprint density at radius 3 is 2.43 bits per heavy atom. The van der Waals surface area contributed by atoms with Crippen LogP contribution in [0.5, 0.6) is 11.5 Å². The topological polar surface area (TPSA) is 77.1 Å². The molecule has 7 nitrogen and oxygen atoms in total. The van der Waals surface area contributed by atoms with Crippen molar-refractivity contribution in [3.8, 4) is 11.5 Å². The lowest BCUT2D eigenvalue weighted by molar-refractivity contribution is -0.119. The van der Waals surface area contributed by atoms with Crippen LogP contribution >= 0.6 is 0 Å². The van der Waals surface area contributed by atoms with Gasteiger partial charge in [-0.05, 0) is 41.5 Å². The highest BCUT2D eigenvalue weighted by atomic mass is 19.1. The summed E-state index contributed by atoms with van der Waals surface area (Å²) in [4.78, 5) is 29.0. The summed E-state index contributed by atoms with van der Waals surface area (Å²) >= 11 is 0. The number of ether oxygens (including phenoxy) is 3. The van der Waals surface area contributed by atoms with Crippen molar-refractivity contribution in [2.45, 2.75) is 12.0 Å². The van der Waals surface area contributed by atoms with Gasteiger partial charge in [0.15, 0.2) is 0 Å². The van der Waals surface area contributed by atoms with E-state index in [0.29, 0.717) is 33.9 Å². The molecule has 35 heavy (non-hydrogen) atoms. The molecule has 0 aliphatic carbocycles. The number of halogens is 1. The summed E-state index contributed by atoms with van der Waals surface area (Å²) in [5, 5.41) is 2.96. The molecule has 1 aliphatic heterocycles. The minimum Gasteiger partial charge on any atom is -0.497 e. The van der Waals surface area contributed by atoms with Gasteiger partial charge < -0.3 is 24.4 Å². The second-order valence-electron chi connectivity index (χ2n) is 8.11. The Hall–Kier alpha value is -3.91. The molecule has 0 saturated carbocycles. The fraction of sp³-hybridized carbons (Fsp3) is 0.259. The molecule has 0 bridgehead atoms. The number of nitrogens with zero attached hydrogens (tertiary/aromatic N) is 1. The molecule has 0 radical (unpaired) electrons. The average molecular weight is 479 g/mol. The van der Waals surface area contributed by atoms with Gasteiger partial charge in [-0.3, -0.25) is 9.59 Å². The smallest absolute Gasteiger partial charge is 0.254 e. The van der Waals surface area contributed by atoms with Crippen molar-refractivity contribution in [2.24, 2.45) is 0 Å². The van der Waals surface area contributed by atoms with Gasteiger partial charge in [-0.1, -0.05) is 30.3 Å². The van der Waals surface area contributed by atoms with Crippen molar-refractivity contribution in [1.29, 1.82) is 0 Å². The molecular formula is C27H27FN2O5. The molecule has 0 spiro atoms. The number of nitrogens with one attached hydrogen (secondary N) is 1. The summed E-state index contributed by atoms with van der Waals surface area (Å²) in [5.74, 6) is -0.680. The Morgan fingerprint density at radius 2 is 1.74 bits per heavy atom. The molecule has 0 unspecified atom stereocenters. The van der Waals surface area contributed by atoms with Crippen LogP contribution < -0.4 is 14.8 Å². The van der Waals surface area contributed by atoms with Gasteiger partial charge in [-0.2, -0.15) is 0 Å². The maximum atomic E-state index is 13.9. The highest BCUT2D eigenvalue weighted by molar-refractivity contribution is 6.04. The maximum Gasteiger partial charge on any atom is 0.254 e. The number of anilines is 1. The standard InChI is InChI=1S/C27H27FN2O5/c1-33-15-14-30-25(17-8-10-18(28)11-9-17)24(20-6-4-5-7-21(20)27(30)32)26(31)29-22-13-12-19(34-2)16-23(22)35-3/h4-13,16,24-25H,14-15H2,1-3H3,(H,29,31)/t24-,25-/m0/s1. The SMILES string of the molecule is COCCN1C(=O)c2ccccc2[C@H](C(=O)Nc2ccc(OC)cc2OC)[C@@H]1c1ccc(F)cc1. The summed E-state index contributed by atoms with van der Waals surface area (Å²) in [6.07, 6.45) is 0. The Bertz CT molecular complexity index is 1210. The van der Waals surface area contributed by atoms with Gasteiger partial charge >= 0.3 is 0 Å². The highest BCUT2D eigenvalue weighted by Gasteiger charge is 2.44. The van der Waals surface area contributed by atoms with Crippen molar-refractivity contribution in [3.05, 3.63) is 89.2 Å². The third kappa shape index (κ3) is 4.83. The predicted octanol–water partition coefficient (Wildman–Crippen LogP) is 4.41. The maximum absolute atomic E-state index is 13.9. The molecule has 0 saturated heterocycles. The van der Waals surface area contributed by atoms with Crippen LogP contribution in [0.4, 0.5) is 10.1 Å². The monoisotopic (exact) mass is 478 g/mol. The normalized spacial score (nSPS) is 17.0. The summed E-state index contributed by atoms with van der Waals surface area (Å²) in [7, 11) is 4.60. The number of rotatable bonds is 8. The third-order valence-corrected chi connectivity index (χ3v) is 6.14. The molecule has 4 rings (SSSR count). The van der Waals surface area contributed by atoms with E-state index in [2.05, 4.69) is 5.32 Å². The first kappa shape index (κ1) is 24.2. The first-order valence-corrected chi connectivity index (χ1v) is 11.2. The number of hydrogen-bond acceptors (Lipinski definition) is 5. The van der Waals surface area contributed by atoms with Gasteiger partial charge in [0, 0.05) is 25.3 Å². The third-order valence-electron chi connectivity index (χ3n) is 6.14. The van der Waals surface area contributed by atoms with E-state index in [1.165, 1.54) is 19.2 Å².